The molecule has 1 aromatic heterocycles. The number of anilines is 1. The van der Waals surface area contributed by atoms with E-state index in [1.54, 1.807) is 0 Å². The van der Waals surface area contributed by atoms with Crippen LogP contribution in [0.1, 0.15) is 76.5 Å². The third-order valence-electron chi connectivity index (χ3n) is 8.00. The van der Waals surface area contributed by atoms with E-state index in [-0.39, 0.29) is 11.5 Å². The van der Waals surface area contributed by atoms with Crippen LogP contribution in [0.4, 0.5) is 5.69 Å². The number of allylic oxidation sites excluding steroid dienone is 4. The van der Waals surface area contributed by atoms with E-state index in [1.165, 1.54) is 49.5 Å². The molecule has 2 aromatic carbocycles. The fraction of sp³-hybridized carbons (Fsp3) is 0.333. The number of Topliss-reactive ketones (excluding diaryl/α,β-unsaturated/α-hetero) is 1. The van der Waals surface area contributed by atoms with Gasteiger partial charge in [0, 0.05) is 47.9 Å². The molecule has 5 rings (SSSR count). The second-order valence-corrected chi connectivity index (χ2v) is 10.9. The first-order valence-electron chi connectivity index (χ1n) is 15.0. The third kappa shape index (κ3) is 5.82. The van der Waals surface area contributed by atoms with E-state index in [0.717, 1.165) is 48.5 Å². The molecule has 0 bridgehead atoms. The average Bonchev–Trinajstić information content (AvgIpc) is 2.99. The summed E-state index contributed by atoms with van der Waals surface area (Å²) in [4.78, 5) is 15.7. The highest BCUT2D eigenvalue weighted by Gasteiger charge is 2.34. The molecule has 4 nitrogen and oxygen atoms in total. The van der Waals surface area contributed by atoms with E-state index < -0.39 is 0 Å². The third-order valence-corrected chi connectivity index (χ3v) is 8.00. The number of aliphatic hydroxyl groups is 1. The number of unbranched alkanes of at least 4 members (excludes halogenated alkanes) is 6. The Labute approximate surface area is 238 Å². The Morgan fingerprint density at radius 3 is 2.35 bits per heavy atom. The number of carbonyl (C=O) groups excluding carboxylic acids is 1. The van der Waals surface area contributed by atoms with Gasteiger partial charge >= 0.3 is 0 Å². The summed E-state index contributed by atoms with van der Waals surface area (Å²) in [6.45, 7) is 6.21. The van der Waals surface area contributed by atoms with Gasteiger partial charge in [-0.3, -0.25) is 4.79 Å². The molecule has 2 heterocycles. The number of para-hydroxylation sites is 2. The fourth-order valence-corrected chi connectivity index (χ4v) is 5.71. The topological polar surface area (TPSA) is 44.4 Å². The lowest BCUT2D eigenvalue weighted by Crippen LogP contribution is -2.38. The number of aliphatic hydroxyl groups excluding tert-OH is 1. The second-order valence-electron chi connectivity index (χ2n) is 10.9. The van der Waals surface area contributed by atoms with Gasteiger partial charge in [0.2, 0.25) is 17.0 Å². The van der Waals surface area contributed by atoms with Crippen molar-refractivity contribution in [1.82, 2.24) is 0 Å². The number of pyridine rings is 1. The summed E-state index contributed by atoms with van der Waals surface area (Å²) in [5.41, 5.74) is 6.14. The molecular weight excluding hydrogens is 492 g/mol. The maximum absolute atomic E-state index is 13.4. The number of aryl methyl sites for hydroxylation is 1. The molecule has 1 N–H and O–H groups in total. The maximum Gasteiger partial charge on any atom is 0.212 e. The first-order chi connectivity index (χ1) is 19.6. The molecule has 206 valence electrons. The Bertz CT molecular complexity index is 1510. The number of fused-ring (bicyclic) bond motifs is 2. The molecule has 4 heteroatoms. The van der Waals surface area contributed by atoms with Crippen LogP contribution in [0.2, 0.25) is 0 Å². The molecule has 0 spiro atoms. The van der Waals surface area contributed by atoms with Gasteiger partial charge in [0.15, 0.2) is 0 Å². The zero-order valence-corrected chi connectivity index (χ0v) is 23.9. The predicted molar refractivity (Wildman–Crippen MR) is 166 cm³/mol. The molecule has 1 aliphatic heterocycles. The summed E-state index contributed by atoms with van der Waals surface area (Å²) in [7, 11) is 0. The number of benzene rings is 2. The van der Waals surface area contributed by atoms with Crippen molar-refractivity contribution in [2.75, 3.05) is 11.4 Å². The van der Waals surface area contributed by atoms with Crippen LogP contribution in [0.25, 0.3) is 23.1 Å². The first kappa shape index (κ1) is 27.6. The van der Waals surface area contributed by atoms with Crippen molar-refractivity contribution in [3.05, 3.63) is 107 Å². The molecular formula is C36H41N2O2+. The second kappa shape index (κ2) is 13.0. The highest BCUT2D eigenvalue weighted by atomic mass is 16.3. The Morgan fingerprint density at radius 1 is 0.800 bits per heavy atom. The van der Waals surface area contributed by atoms with Gasteiger partial charge in [0.25, 0.3) is 0 Å². The largest absolute Gasteiger partial charge is 0.506 e. The van der Waals surface area contributed by atoms with E-state index in [2.05, 4.69) is 96.1 Å². The fourth-order valence-electron chi connectivity index (χ4n) is 5.71. The Kier molecular flexibility index (Phi) is 8.95. The highest BCUT2D eigenvalue weighted by molar-refractivity contribution is 6.23. The lowest BCUT2D eigenvalue weighted by molar-refractivity contribution is -0.673. The standard InChI is InChI=1S/C36H40N2O2/c1-3-5-7-13-23-37-29(21-19-27-15-9-11-17-33(27)37)25-31-35(39)32(36(31)40)26-30-22-20-28-16-10-12-18-34(28)38(30)24-14-8-6-4-2/h9-12,15-22,25-26H,3-8,13-14,23-24H2,1-2H3/p+1. The average molecular weight is 534 g/mol. The van der Waals surface area contributed by atoms with Crippen LogP contribution < -0.4 is 9.47 Å². The number of hydrogen-bond acceptors (Lipinski definition) is 3. The lowest BCUT2D eigenvalue weighted by Gasteiger charge is -2.31. The van der Waals surface area contributed by atoms with Gasteiger partial charge in [-0.25, -0.2) is 0 Å². The summed E-state index contributed by atoms with van der Waals surface area (Å²) in [6.07, 6.45) is 17.2. The van der Waals surface area contributed by atoms with Crippen molar-refractivity contribution in [1.29, 1.82) is 0 Å². The molecule has 0 amide bonds. The minimum Gasteiger partial charge on any atom is -0.506 e. The van der Waals surface area contributed by atoms with E-state index in [0.29, 0.717) is 11.1 Å². The van der Waals surface area contributed by atoms with Crippen molar-refractivity contribution in [2.45, 2.75) is 71.8 Å². The molecule has 40 heavy (non-hydrogen) atoms. The smallest absolute Gasteiger partial charge is 0.212 e. The van der Waals surface area contributed by atoms with E-state index >= 15 is 0 Å². The molecule has 3 aromatic rings. The molecule has 0 radical (unpaired) electrons. The molecule has 0 atom stereocenters. The summed E-state index contributed by atoms with van der Waals surface area (Å²) in [6, 6.07) is 20.9. The summed E-state index contributed by atoms with van der Waals surface area (Å²) in [5.74, 6) is -0.0183. The van der Waals surface area contributed by atoms with Gasteiger partial charge in [0.05, 0.1) is 11.1 Å². The van der Waals surface area contributed by atoms with Crippen LogP contribution in [0, 0.1) is 0 Å². The van der Waals surface area contributed by atoms with Crippen LogP contribution >= 0.6 is 0 Å². The van der Waals surface area contributed by atoms with Crippen molar-refractivity contribution in [2.24, 2.45) is 0 Å². The zero-order valence-electron chi connectivity index (χ0n) is 23.9. The van der Waals surface area contributed by atoms with Crippen LogP contribution in [-0.2, 0) is 11.3 Å². The first-order valence-corrected chi connectivity index (χ1v) is 15.0. The molecule has 0 saturated carbocycles. The number of rotatable bonds is 12. The minimum absolute atomic E-state index is 0.0846. The zero-order chi connectivity index (χ0) is 27.9. The van der Waals surface area contributed by atoms with Crippen LogP contribution in [0.5, 0.6) is 0 Å². The van der Waals surface area contributed by atoms with Gasteiger partial charge in [-0.2, -0.15) is 4.57 Å². The van der Waals surface area contributed by atoms with Gasteiger partial charge in [-0.05, 0) is 48.8 Å². The Morgan fingerprint density at radius 2 is 1.55 bits per heavy atom. The van der Waals surface area contributed by atoms with Crippen molar-refractivity contribution in [3.8, 4) is 0 Å². The van der Waals surface area contributed by atoms with Crippen molar-refractivity contribution < 1.29 is 14.5 Å². The lowest BCUT2D eigenvalue weighted by atomic mass is 9.86. The predicted octanol–water partition coefficient (Wildman–Crippen LogP) is 8.48. The molecule has 1 aliphatic carbocycles. The van der Waals surface area contributed by atoms with Gasteiger partial charge in [0.1, 0.15) is 12.3 Å². The van der Waals surface area contributed by atoms with E-state index in [1.807, 2.05) is 12.2 Å². The molecule has 0 unspecified atom stereocenters. The Balaban J connectivity index is 1.45. The monoisotopic (exact) mass is 533 g/mol. The van der Waals surface area contributed by atoms with E-state index in [4.69, 9.17) is 0 Å². The van der Waals surface area contributed by atoms with Crippen LogP contribution in [0.15, 0.2) is 95.4 Å². The number of hydrogen-bond donors (Lipinski definition) is 1. The van der Waals surface area contributed by atoms with Crippen LogP contribution in [-0.4, -0.2) is 17.4 Å². The van der Waals surface area contributed by atoms with Gasteiger partial charge in [-0.1, -0.05) is 82.4 Å². The minimum atomic E-state index is -0.103. The number of aromatic nitrogens is 1. The highest BCUT2D eigenvalue weighted by Crippen LogP contribution is 2.36. The molecule has 2 aliphatic rings. The summed E-state index contributed by atoms with van der Waals surface area (Å²) < 4.78 is 2.29. The van der Waals surface area contributed by atoms with Crippen molar-refractivity contribution in [3.63, 3.8) is 0 Å². The SMILES string of the molecule is CCCCCCN1C(=CC2=C(O)C(=Cc3ccc4ccccc4[n+]3CCCCCC)C2=O)C=Cc2ccccc21. The number of nitrogens with zero attached hydrogens (tertiary/aromatic N) is 2. The molecule has 0 fully saturated rings. The maximum atomic E-state index is 13.4. The van der Waals surface area contributed by atoms with Crippen LogP contribution in [0.3, 0.4) is 0 Å². The quantitative estimate of drug-likeness (QED) is 0.144. The summed E-state index contributed by atoms with van der Waals surface area (Å²) in [5, 5.41) is 12.3. The normalized spacial score (nSPS) is 16.8. The van der Waals surface area contributed by atoms with Gasteiger partial charge in [-0.15, -0.1) is 0 Å². The number of carbonyl (C=O) groups is 1. The van der Waals surface area contributed by atoms with Gasteiger partial charge < -0.3 is 10.0 Å². The Hall–Kier alpha value is -3.92. The van der Waals surface area contributed by atoms with E-state index in [9.17, 15) is 9.90 Å². The summed E-state index contributed by atoms with van der Waals surface area (Å²) >= 11 is 0. The molecule has 0 saturated heterocycles. The number of ketones is 1. The van der Waals surface area contributed by atoms with Crippen molar-refractivity contribution >= 4 is 34.5 Å².